The molecule has 1 aliphatic rings. The normalized spacial score (nSPS) is 21.5. The third-order valence-corrected chi connectivity index (χ3v) is 3.61. The minimum Gasteiger partial charge on any atom is -0.392 e. The number of amides is 2. The zero-order valence-corrected chi connectivity index (χ0v) is 11.6. The molecular formula is C15H20N2O3. The summed E-state index contributed by atoms with van der Waals surface area (Å²) in [5.41, 5.74) is 0.708. The highest BCUT2D eigenvalue weighted by Crippen LogP contribution is 2.26. The standard InChI is InChI=1S/C15H20N2O3/c1-17(15(20)12-8-5-9-13(12)18)10-14(19)16-11-6-3-2-4-7-11/h2-4,6-7,12-13,18H,5,8-10H2,1H3,(H,16,19). The molecule has 2 rings (SSSR count). The van der Waals surface area contributed by atoms with Gasteiger partial charge in [-0.3, -0.25) is 9.59 Å². The zero-order chi connectivity index (χ0) is 14.5. The van der Waals surface area contributed by atoms with Gasteiger partial charge in [-0.1, -0.05) is 18.2 Å². The third kappa shape index (κ3) is 3.57. The lowest BCUT2D eigenvalue weighted by Crippen LogP contribution is -2.40. The molecule has 108 valence electrons. The summed E-state index contributed by atoms with van der Waals surface area (Å²) in [5.74, 6) is -0.748. The fourth-order valence-electron chi connectivity index (χ4n) is 2.53. The second kappa shape index (κ2) is 6.52. The van der Waals surface area contributed by atoms with E-state index in [9.17, 15) is 14.7 Å². The van der Waals surface area contributed by atoms with E-state index in [2.05, 4.69) is 5.32 Å². The first kappa shape index (κ1) is 14.5. The van der Waals surface area contributed by atoms with Crippen LogP contribution in [0.25, 0.3) is 0 Å². The Morgan fingerprint density at radius 2 is 2.00 bits per heavy atom. The summed E-state index contributed by atoms with van der Waals surface area (Å²) in [4.78, 5) is 25.4. The van der Waals surface area contributed by atoms with E-state index in [0.29, 0.717) is 18.5 Å². The Hall–Kier alpha value is -1.88. The van der Waals surface area contributed by atoms with E-state index in [1.54, 1.807) is 19.2 Å². The van der Waals surface area contributed by atoms with Crippen molar-refractivity contribution < 1.29 is 14.7 Å². The van der Waals surface area contributed by atoms with E-state index < -0.39 is 6.10 Å². The van der Waals surface area contributed by atoms with Crippen LogP contribution in [0, 0.1) is 5.92 Å². The second-order valence-electron chi connectivity index (χ2n) is 5.21. The highest BCUT2D eigenvalue weighted by Gasteiger charge is 2.33. The summed E-state index contributed by atoms with van der Waals surface area (Å²) in [7, 11) is 1.60. The van der Waals surface area contributed by atoms with Gasteiger partial charge >= 0.3 is 0 Å². The molecule has 0 radical (unpaired) electrons. The molecule has 1 saturated carbocycles. The van der Waals surface area contributed by atoms with Gasteiger partial charge in [0.2, 0.25) is 11.8 Å². The summed E-state index contributed by atoms with van der Waals surface area (Å²) in [6, 6.07) is 9.12. The number of carbonyl (C=O) groups is 2. The maximum atomic E-state index is 12.1. The summed E-state index contributed by atoms with van der Waals surface area (Å²) in [5, 5.41) is 12.5. The van der Waals surface area contributed by atoms with Crippen molar-refractivity contribution in [3.63, 3.8) is 0 Å². The molecule has 0 saturated heterocycles. The molecule has 2 unspecified atom stereocenters. The number of likely N-dealkylation sites (N-methyl/N-ethyl adjacent to an activating group) is 1. The molecule has 5 heteroatoms. The predicted molar refractivity (Wildman–Crippen MR) is 76.1 cm³/mol. The molecule has 0 spiro atoms. The highest BCUT2D eigenvalue weighted by molar-refractivity contribution is 5.94. The van der Waals surface area contributed by atoms with Gasteiger partial charge < -0.3 is 15.3 Å². The lowest BCUT2D eigenvalue weighted by molar-refractivity contribution is -0.139. The number of aliphatic hydroxyl groups is 1. The van der Waals surface area contributed by atoms with Gasteiger partial charge in [0, 0.05) is 12.7 Å². The second-order valence-corrected chi connectivity index (χ2v) is 5.21. The van der Waals surface area contributed by atoms with Gasteiger partial charge in [0.15, 0.2) is 0 Å². The molecule has 1 aromatic carbocycles. The van der Waals surface area contributed by atoms with Crippen LogP contribution in [0.1, 0.15) is 19.3 Å². The van der Waals surface area contributed by atoms with Crippen molar-refractivity contribution in [3.05, 3.63) is 30.3 Å². The van der Waals surface area contributed by atoms with Gasteiger partial charge in [0.25, 0.3) is 0 Å². The average Bonchev–Trinajstić information content (AvgIpc) is 2.85. The van der Waals surface area contributed by atoms with Crippen molar-refractivity contribution in [1.29, 1.82) is 0 Å². The lowest BCUT2D eigenvalue weighted by Gasteiger charge is -2.22. The quantitative estimate of drug-likeness (QED) is 0.869. The molecule has 1 aliphatic carbocycles. The molecule has 0 aromatic heterocycles. The Morgan fingerprint density at radius 3 is 2.60 bits per heavy atom. The number of hydrogen-bond donors (Lipinski definition) is 2. The van der Waals surface area contributed by atoms with Gasteiger partial charge in [-0.2, -0.15) is 0 Å². The molecule has 2 amide bonds. The van der Waals surface area contributed by atoms with Crippen molar-refractivity contribution in [2.24, 2.45) is 5.92 Å². The Bertz CT molecular complexity index is 475. The maximum absolute atomic E-state index is 12.1. The number of aliphatic hydroxyl groups excluding tert-OH is 1. The maximum Gasteiger partial charge on any atom is 0.243 e. The number of para-hydroxylation sites is 1. The van der Waals surface area contributed by atoms with Crippen LogP contribution in [0.2, 0.25) is 0 Å². The summed E-state index contributed by atoms with van der Waals surface area (Å²) in [6.45, 7) is -0.00303. The van der Waals surface area contributed by atoms with Gasteiger partial charge in [-0.25, -0.2) is 0 Å². The molecule has 1 aromatic rings. The van der Waals surface area contributed by atoms with Crippen LogP contribution in [0.15, 0.2) is 30.3 Å². The molecule has 0 aliphatic heterocycles. The van der Waals surface area contributed by atoms with Crippen molar-refractivity contribution in [2.75, 3.05) is 18.9 Å². The Balaban J connectivity index is 1.86. The summed E-state index contributed by atoms with van der Waals surface area (Å²) in [6.07, 6.45) is 1.66. The van der Waals surface area contributed by atoms with Crippen molar-refractivity contribution in [3.8, 4) is 0 Å². The van der Waals surface area contributed by atoms with E-state index in [0.717, 1.165) is 6.42 Å². The van der Waals surface area contributed by atoms with Crippen LogP contribution in [0.5, 0.6) is 0 Å². The Kier molecular flexibility index (Phi) is 4.74. The minimum atomic E-state index is -0.567. The Morgan fingerprint density at radius 1 is 1.30 bits per heavy atom. The van der Waals surface area contributed by atoms with Crippen LogP contribution in [0.3, 0.4) is 0 Å². The van der Waals surface area contributed by atoms with Crippen LogP contribution < -0.4 is 5.32 Å². The predicted octanol–water partition coefficient (Wildman–Crippen LogP) is 1.24. The van der Waals surface area contributed by atoms with Gasteiger partial charge in [0.1, 0.15) is 0 Å². The monoisotopic (exact) mass is 276 g/mol. The zero-order valence-electron chi connectivity index (χ0n) is 11.6. The number of hydrogen-bond acceptors (Lipinski definition) is 3. The molecule has 2 atom stereocenters. The van der Waals surface area contributed by atoms with Crippen molar-refractivity contribution in [2.45, 2.75) is 25.4 Å². The molecule has 0 bridgehead atoms. The van der Waals surface area contributed by atoms with Crippen molar-refractivity contribution >= 4 is 17.5 Å². The van der Waals surface area contributed by atoms with Gasteiger partial charge in [-0.05, 0) is 31.4 Å². The summed E-state index contributed by atoms with van der Waals surface area (Å²) < 4.78 is 0. The fourth-order valence-corrected chi connectivity index (χ4v) is 2.53. The molecule has 5 nitrogen and oxygen atoms in total. The number of carbonyl (C=O) groups excluding carboxylic acids is 2. The SMILES string of the molecule is CN(CC(=O)Nc1ccccc1)C(=O)C1CCCC1O. The van der Waals surface area contributed by atoms with Crippen LogP contribution in [-0.2, 0) is 9.59 Å². The van der Waals surface area contributed by atoms with E-state index in [4.69, 9.17) is 0 Å². The summed E-state index contributed by atoms with van der Waals surface area (Å²) >= 11 is 0. The highest BCUT2D eigenvalue weighted by atomic mass is 16.3. The number of anilines is 1. The molecule has 1 fully saturated rings. The third-order valence-electron chi connectivity index (χ3n) is 3.61. The molecule has 2 N–H and O–H groups in total. The number of nitrogens with zero attached hydrogens (tertiary/aromatic N) is 1. The van der Waals surface area contributed by atoms with E-state index in [1.807, 2.05) is 18.2 Å². The number of rotatable bonds is 4. The first-order valence-electron chi connectivity index (χ1n) is 6.86. The lowest BCUT2D eigenvalue weighted by atomic mass is 10.0. The largest absolute Gasteiger partial charge is 0.392 e. The van der Waals surface area contributed by atoms with E-state index in [-0.39, 0.29) is 24.3 Å². The van der Waals surface area contributed by atoms with Crippen LogP contribution >= 0.6 is 0 Å². The minimum absolute atomic E-state index is 0.00303. The number of benzene rings is 1. The molecule has 20 heavy (non-hydrogen) atoms. The Labute approximate surface area is 118 Å². The van der Waals surface area contributed by atoms with E-state index >= 15 is 0 Å². The fraction of sp³-hybridized carbons (Fsp3) is 0.467. The van der Waals surface area contributed by atoms with E-state index in [1.165, 1.54) is 4.90 Å². The molecule has 0 heterocycles. The van der Waals surface area contributed by atoms with Gasteiger partial charge in [0.05, 0.1) is 18.6 Å². The average molecular weight is 276 g/mol. The van der Waals surface area contributed by atoms with Gasteiger partial charge in [-0.15, -0.1) is 0 Å². The van der Waals surface area contributed by atoms with Crippen LogP contribution in [0.4, 0.5) is 5.69 Å². The topological polar surface area (TPSA) is 69.6 Å². The first-order valence-corrected chi connectivity index (χ1v) is 6.86. The first-order chi connectivity index (χ1) is 9.58. The van der Waals surface area contributed by atoms with Crippen molar-refractivity contribution in [1.82, 2.24) is 4.90 Å². The smallest absolute Gasteiger partial charge is 0.243 e. The van der Waals surface area contributed by atoms with Crippen LogP contribution in [-0.4, -0.2) is 41.5 Å². The molecular weight excluding hydrogens is 256 g/mol. The number of nitrogens with one attached hydrogen (secondary N) is 1.